The monoisotopic (exact) mass is 339 g/mol. The Labute approximate surface area is 148 Å². The molecule has 2 aromatic carbocycles. The van der Waals surface area contributed by atoms with Crippen LogP contribution in [0.4, 0.5) is 0 Å². The number of hydrogen-bond acceptors (Lipinski definition) is 3. The van der Waals surface area contributed by atoms with Crippen LogP contribution in [0.2, 0.25) is 0 Å². The van der Waals surface area contributed by atoms with Crippen molar-refractivity contribution in [3.05, 3.63) is 58.8 Å². The Bertz CT molecular complexity index is 834. The van der Waals surface area contributed by atoms with Gasteiger partial charge in [0.15, 0.2) is 11.7 Å². The highest BCUT2D eigenvalue weighted by Crippen LogP contribution is 2.20. The van der Waals surface area contributed by atoms with Crippen molar-refractivity contribution in [1.29, 1.82) is 0 Å². The first-order valence-electron chi connectivity index (χ1n) is 8.99. The molecule has 0 saturated carbocycles. The maximum atomic E-state index is 12.7. The molecule has 0 fully saturated rings. The number of aromatic nitrogens is 1. The molecule has 132 valence electrons. The molecule has 1 aromatic heterocycles. The molecule has 0 aliphatic carbocycles. The highest BCUT2D eigenvalue weighted by atomic mass is 16.7. The molecule has 1 heterocycles. The largest absolute Gasteiger partial charge is 0.353 e. The molecule has 0 saturated heterocycles. The minimum Gasteiger partial charge on any atom is -0.353 e. The lowest BCUT2D eigenvalue weighted by Gasteiger charge is -2.19. The number of nitrogens with zero attached hydrogens (tertiary/aromatic N) is 1. The van der Waals surface area contributed by atoms with Gasteiger partial charge in [-0.2, -0.15) is 0 Å². The average molecular weight is 339 g/mol. The summed E-state index contributed by atoms with van der Waals surface area (Å²) < 4.78 is 13.5. The van der Waals surface area contributed by atoms with Gasteiger partial charge < -0.3 is 14.0 Å². The van der Waals surface area contributed by atoms with Crippen molar-refractivity contribution in [1.82, 2.24) is 4.57 Å². The van der Waals surface area contributed by atoms with Crippen LogP contribution in [0.5, 0.6) is 0 Å². The summed E-state index contributed by atoms with van der Waals surface area (Å²) in [5.74, 6) is 0. The second kappa shape index (κ2) is 8.28. The van der Waals surface area contributed by atoms with Gasteiger partial charge in [0, 0.05) is 37.0 Å². The Hall–Kier alpha value is -2.17. The Morgan fingerprint density at radius 2 is 1.40 bits per heavy atom. The lowest BCUT2D eigenvalue weighted by molar-refractivity contribution is -0.140. The van der Waals surface area contributed by atoms with E-state index in [1.54, 1.807) is 0 Å². The summed E-state index contributed by atoms with van der Waals surface area (Å²) in [5, 5.41) is 1.54. The van der Waals surface area contributed by atoms with Crippen LogP contribution < -0.4 is 5.43 Å². The molecule has 0 spiro atoms. The maximum absolute atomic E-state index is 12.7. The number of para-hydroxylation sites is 2. The fourth-order valence-electron chi connectivity index (χ4n) is 3.32. The van der Waals surface area contributed by atoms with Gasteiger partial charge in [-0.05, 0) is 44.5 Å². The van der Waals surface area contributed by atoms with Crippen molar-refractivity contribution in [2.24, 2.45) is 0 Å². The third-order valence-electron chi connectivity index (χ3n) is 4.41. The number of aryl methyl sites for hydroxylation is 1. The van der Waals surface area contributed by atoms with E-state index in [0.717, 1.165) is 41.2 Å². The van der Waals surface area contributed by atoms with E-state index in [0.29, 0.717) is 13.2 Å². The van der Waals surface area contributed by atoms with Gasteiger partial charge in [0.1, 0.15) is 0 Å². The first-order valence-corrected chi connectivity index (χ1v) is 8.99. The Morgan fingerprint density at radius 1 is 0.880 bits per heavy atom. The molecule has 25 heavy (non-hydrogen) atoms. The van der Waals surface area contributed by atoms with Crippen LogP contribution in [-0.4, -0.2) is 24.1 Å². The van der Waals surface area contributed by atoms with Gasteiger partial charge in [0.05, 0.1) is 11.0 Å². The number of benzene rings is 2. The quantitative estimate of drug-likeness (QED) is 0.453. The molecule has 0 atom stereocenters. The van der Waals surface area contributed by atoms with Gasteiger partial charge in [-0.15, -0.1) is 0 Å². The summed E-state index contributed by atoms with van der Waals surface area (Å²) in [6.45, 7) is 6.07. The van der Waals surface area contributed by atoms with E-state index in [9.17, 15) is 4.79 Å². The summed E-state index contributed by atoms with van der Waals surface area (Å²) in [5.41, 5.74) is 2.06. The van der Waals surface area contributed by atoms with E-state index >= 15 is 0 Å². The van der Waals surface area contributed by atoms with E-state index in [1.165, 1.54) is 0 Å². The van der Waals surface area contributed by atoms with Crippen molar-refractivity contribution >= 4 is 21.8 Å². The first-order chi connectivity index (χ1) is 12.3. The Morgan fingerprint density at radius 3 is 1.92 bits per heavy atom. The Kier molecular flexibility index (Phi) is 5.84. The SMILES string of the molecule is CCOC(CCCn1c2ccccc2c(=O)c2ccccc21)OCC. The van der Waals surface area contributed by atoms with Crippen LogP contribution in [0, 0.1) is 0 Å². The van der Waals surface area contributed by atoms with Crippen molar-refractivity contribution in [2.75, 3.05) is 13.2 Å². The molecule has 0 radical (unpaired) electrons. The molecular formula is C21H25NO3. The molecule has 4 heteroatoms. The van der Waals surface area contributed by atoms with E-state index in [4.69, 9.17) is 9.47 Å². The number of hydrogen-bond donors (Lipinski definition) is 0. The zero-order valence-electron chi connectivity index (χ0n) is 14.9. The van der Waals surface area contributed by atoms with Gasteiger partial charge in [-0.25, -0.2) is 0 Å². The predicted molar refractivity (Wildman–Crippen MR) is 102 cm³/mol. The molecule has 0 amide bonds. The summed E-state index contributed by atoms with van der Waals surface area (Å²) in [6.07, 6.45) is 1.59. The Balaban J connectivity index is 1.94. The van der Waals surface area contributed by atoms with E-state index < -0.39 is 0 Å². The van der Waals surface area contributed by atoms with Gasteiger partial charge in [-0.1, -0.05) is 24.3 Å². The van der Waals surface area contributed by atoms with Crippen LogP contribution in [0.3, 0.4) is 0 Å². The smallest absolute Gasteiger partial charge is 0.197 e. The summed E-state index contributed by atoms with van der Waals surface area (Å²) in [4.78, 5) is 12.7. The molecule has 0 bridgehead atoms. The highest BCUT2D eigenvalue weighted by molar-refractivity contribution is 5.93. The predicted octanol–water partition coefficient (Wildman–Crippen LogP) is 4.33. The fourth-order valence-corrected chi connectivity index (χ4v) is 3.32. The molecule has 3 aromatic rings. The zero-order valence-corrected chi connectivity index (χ0v) is 14.9. The topological polar surface area (TPSA) is 40.5 Å². The van der Waals surface area contributed by atoms with Crippen LogP contribution in [0.15, 0.2) is 53.3 Å². The van der Waals surface area contributed by atoms with Crippen molar-refractivity contribution in [2.45, 2.75) is 39.5 Å². The zero-order chi connectivity index (χ0) is 17.6. The normalized spacial score (nSPS) is 11.6. The molecule has 0 aliphatic rings. The second-order valence-electron chi connectivity index (χ2n) is 6.00. The van der Waals surface area contributed by atoms with Crippen molar-refractivity contribution in [3.63, 3.8) is 0 Å². The highest BCUT2D eigenvalue weighted by Gasteiger charge is 2.12. The van der Waals surface area contributed by atoms with Crippen LogP contribution in [0.25, 0.3) is 21.8 Å². The summed E-state index contributed by atoms with van der Waals surface area (Å²) in [7, 11) is 0. The maximum Gasteiger partial charge on any atom is 0.197 e. The molecule has 4 nitrogen and oxygen atoms in total. The van der Waals surface area contributed by atoms with Gasteiger partial charge in [-0.3, -0.25) is 4.79 Å². The molecule has 3 rings (SSSR count). The molecule has 0 aliphatic heterocycles. The van der Waals surface area contributed by atoms with Crippen molar-refractivity contribution < 1.29 is 9.47 Å². The van der Waals surface area contributed by atoms with Gasteiger partial charge in [0.25, 0.3) is 0 Å². The fraction of sp³-hybridized carbons (Fsp3) is 0.381. The minimum absolute atomic E-state index is 0.101. The number of pyridine rings is 1. The lowest BCUT2D eigenvalue weighted by atomic mass is 10.1. The van der Waals surface area contributed by atoms with E-state index in [-0.39, 0.29) is 11.7 Å². The number of rotatable bonds is 8. The van der Waals surface area contributed by atoms with Crippen LogP contribution >= 0.6 is 0 Å². The first kappa shape index (κ1) is 17.6. The average Bonchev–Trinajstić information content (AvgIpc) is 2.65. The standard InChI is InChI=1S/C21H25NO3/c1-3-24-20(25-4-2)14-9-15-22-18-12-7-5-10-16(18)21(23)17-11-6-8-13-19(17)22/h5-8,10-13,20H,3-4,9,14-15H2,1-2H3. The lowest BCUT2D eigenvalue weighted by Crippen LogP contribution is -2.18. The molecule has 0 unspecified atom stereocenters. The van der Waals surface area contributed by atoms with E-state index in [1.807, 2.05) is 62.4 Å². The van der Waals surface area contributed by atoms with Gasteiger partial charge in [0.2, 0.25) is 0 Å². The molecule has 0 N–H and O–H groups in total. The number of ether oxygens (including phenoxy) is 2. The van der Waals surface area contributed by atoms with Gasteiger partial charge >= 0.3 is 0 Å². The summed E-state index contributed by atoms with van der Waals surface area (Å²) >= 11 is 0. The third-order valence-corrected chi connectivity index (χ3v) is 4.41. The van der Waals surface area contributed by atoms with Crippen molar-refractivity contribution in [3.8, 4) is 0 Å². The van der Waals surface area contributed by atoms with E-state index in [2.05, 4.69) is 4.57 Å². The summed E-state index contributed by atoms with van der Waals surface area (Å²) in [6, 6.07) is 15.7. The third kappa shape index (κ3) is 3.75. The van der Waals surface area contributed by atoms with Crippen LogP contribution in [0.1, 0.15) is 26.7 Å². The second-order valence-corrected chi connectivity index (χ2v) is 6.00. The number of fused-ring (bicyclic) bond motifs is 2. The molecular weight excluding hydrogens is 314 g/mol. The minimum atomic E-state index is -0.160. The van der Waals surface area contributed by atoms with Crippen LogP contribution in [-0.2, 0) is 16.0 Å².